The molecule has 0 aliphatic rings. The number of amides is 2. The molecule has 0 fully saturated rings. The first-order chi connectivity index (χ1) is 12.7. The van der Waals surface area contributed by atoms with Crippen LogP contribution in [0.2, 0.25) is 0 Å². The van der Waals surface area contributed by atoms with Crippen molar-refractivity contribution >= 4 is 17.5 Å². The Bertz CT molecular complexity index is 808. The molecule has 0 aromatic heterocycles. The van der Waals surface area contributed by atoms with Crippen molar-refractivity contribution < 1.29 is 14.7 Å². The molecule has 144 valence electrons. The molecule has 0 aliphatic heterocycles. The fraction of sp³-hybridized carbons (Fsp3) is 0.364. The molecule has 5 heteroatoms. The summed E-state index contributed by atoms with van der Waals surface area (Å²) in [5, 5.41) is 16.4. The van der Waals surface area contributed by atoms with Crippen LogP contribution in [0.1, 0.15) is 36.1 Å². The number of benzene rings is 2. The first-order valence-corrected chi connectivity index (χ1v) is 9.10. The summed E-state index contributed by atoms with van der Waals surface area (Å²) in [7, 11) is 0. The molecule has 27 heavy (non-hydrogen) atoms. The summed E-state index contributed by atoms with van der Waals surface area (Å²) in [6.07, 6.45) is 0. The normalized spacial score (nSPS) is 13.1. The van der Waals surface area contributed by atoms with E-state index in [0.29, 0.717) is 5.56 Å². The zero-order valence-electron chi connectivity index (χ0n) is 16.6. The van der Waals surface area contributed by atoms with E-state index in [1.807, 2.05) is 39.0 Å². The highest BCUT2D eigenvalue weighted by molar-refractivity contribution is 5.97. The van der Waals surface area contributed by atoms with Crippen molar-refractivity contribution in [2.75, 3.05) is 11.9 Å². The highest BCUT2D eigenvalue weighted by Crippen LogP contribution is 2.29. The topological polar surface area (TPSA) is 78.4 Å². The maximum atomic E-state index is 12.7. The predicted molar refractivity (Wildman–Crippen MR) is 107 cm³/mol. The van der Waals surface area contributed by atoms with Gasteiger partial charge in [0, 0.05) is 5.69 Å². The molecule has 0 heterocycles. The lowest BCUT2D eigenvalue weighted by Crippen LogP contribution is -2.49. The van der Waals surface area contributed by atoms with Crippen LogP contribution in [0.15, 0.2) is 42.5 Å². The third-order valence-corrected chi connectivity index (χ3v) is 4.75. The zero-order chi connectivity index (χ0) is 20.2. The lowest BCUT2D eigenvalue weighted by molar-refractivity contribution is -0.146. The third-order valence-electron chi connectivity index (χ3n) is 4.75. The highest BCUT2D eigenvalue weighted by Gasteiger charge is 2.41. The molecular formula is C22H28N2O3. The van der Waals surface area contributed by atoms with Crippen LogP contribution in [0.3, 0.4) is 0 Å². The summed E-state index contributed by atoms with van der Waals surface area (Å²) in [6, 6.07) is 12.8. The molecule has 2 amide bonds. The van der Waals surface area contributed by atoms with Crippen LogP contribution in [0, 0.1) is 26.7 Å². The fourth-order valence-electron chi connectivity index (χ4n) is 3.27. The molecule has 3 N–H and O–H groups in total. The van der Waals surface area contributed by atoms with E-state index in [1.165, 1.54) is 0 Å². The van der Waals surface area contributed by atoms with Crippen molar-refractivity contribution in [3.8, 4) is 0 Å². The molecule has 0 radical (unpaired) electrons. The van der Waals surface area contributed by atoms with E-state index in [4.69, 9.17) is 0 Å². The van der Waals surface area contributed by atoms with E-state index < -0.39 is 11.5 Å². The Morgan fingerprint density at radius 2 is 1.59 bits per heavy atom. The van der Waals surface area contributed by atoms with E-state index >= 15 is 0 Å². The molecule has 0 spiro atoms. The summed E-state index contributed by atoms with van der Waals surface area (Å²) < 4.78 is 0. The highest BCUT2D eigenvalue weighted by atomic mass is 16.3. The lowest BCUT2D eigenvalue weighted by Gasteiger charge is -2.31. The van der Waals surface area contributed by atoms with E-state index in [-0.39, 0.29) is 18.4 Å². The smallest absolute Gasteiger partial charge is 0.257 e. The first-order valence-electron chi connectivity index (χ1n) is 9.10. The van der Waals surface area contributed by atoms with E-state index in [2.05, 4.69) is 10.6 Å². The Morgan fingerprint density at radius 3 is 2.11 bits per heavy atom. The molecule has 2 rings (SSSR count). The van der Waals surface area contributed by atoms with Crippen LogP contribution in [0.5, 0.6) is 0 Å². The largest absolute Gasteiger partial charge is 0.375 e. The standard InChI is InChI=1S/C22H28N2O3/c1-14(2)22(27,18-9-7-6-8-10-18)21(26)23-13-19(25)24-20-16(4)11-15(3)12-17(20)5/h6-12,14,27H,13H2,1-5H3,(H,23,26)(H,24,25)/t22-/m0/s1. The van der Waals surface area contributed by atoms with Crippen LogP contribution < -0.4 is 10.6 Å². The van der Waals surface area contributed by atoms with Crippen molar-refractivity contribution in [2.45, 2.75) is 40.2 Å². The van der Waals surface area contributed by atoms with E-state index in [1.54, 1.807) is 38.1 Å². The molecule has 5 nitrogen and oxygen atoms in total. The Balaban J connectivity index is 2.09. The average Bonchev–Trinajstić information content (AvgIpc) is 2.62. The molecule has 2 aromatic carbocycles. The number of rotatable bonds is 6. The van der Waals surface area contributed by atoms with E-state index in [0.717, 1.165) is 22.4 Å². The number of carbonyl (C=O) groups is 2. The summed E-state index contributed by atoms with van der Waals surface area (Å²) in [6.45, 7) is 9.19. The Kier molecular flexibility index (Phi) is 6.39. The van der Waals surface area contributed by atoms with Crippen molar-refractivity contribution in [3.05, 3.63) is 64.7 Å². The van der Waals surface area contributed by atoms with Crippen LogP contribution in [0.4, 0.5) is 5.69 Å². The molecular weight excluding hydrogens is 340 g/mol. The van der Waals surface area contributed by atoms with Crippen molar-refractivity contribution in [2.24, 2.45) is 5.92 Å². The number of hydrogen-bond donors (Lipinski definition) is 3. The maximum Gasteiger partial charge on any atom is 0.257 e. The third kappa shape index (κ3) is 4.55. The van der Waals surface area contributed by atoms with Crippen LogP contribution in [0.25, 0.3) is 0 Å². The SMILES string of the molecule is Cc1cc(C)c(NC(=O)CNC(=O)[C@@](O)(c2ccccc2)C(C)C)c(C)c1. The zero-order valence-corrected chi connectivity index (χ0v) is 16.6. The molecule has 0 saturated carbocycles. The molecule has 2 aromatic rings. The van der Waals surface area contributed by atoms with Crippen molar-refractivity contribution in [3.63, 3.8) is 0 Å². The Labute approximate surface area is 160 Å². The number of aliphatic hydroxyl groups is 1. The monoisotopic (exact) mass is 368 g/mol. The van der Waals surface area contributed by atoms with Gasteiger partial charge in [0.1, 0.15) is 0 Å². The van der Waals surface area contributed by atoms with Gasteiger partial charge in [-0.15, -0.1) is 0 Å². The predicted octanol–water partition coefficient (Wildman–Crippen LogP) is 3.21. The molecule has 0 bridgehead atoms. The number of carbonyl (C=O) groups excluding carboxylic acids is 2. The minimum Gasteiger partial charge on any atom is -0.375 e. The summed E-state index contributed by atoms with van der Waals surface area (Å²) in [5.41, 5.74) is 2.62. The van der Waals surface area contributed by atoms with Gasteiger partial charge in [-0.3, -0.25) is 9.59 Å². The Hall–Kier alpha value is -2.66. The second kappa shape index (κ2) is 8.35. The van der Waals surface area contributed by atoms with Gasteiger partial charge < -0.3 is 15.7 Å². The van der Waals surface area contributed by atoms with Gasteiger partial charge in [0.15, 0.2) is 5.60 Å². The second-order valence-electron chi connectivity index (χ2n) is 7.29. The molecule has 0 unspecified atom stereocenters. The average molecular weight is 368 g/mol. The minimum absolute atomic E-state index is 0.215. The minimum atomic E-state index is -1.70. The summed E-state index contributed by atoms with van der Waals surface area (Å²) in [5.74, 6) is -1.28. The maximum absolute atomic E-state index is 12.7. The van der Waals surface area contributed by atoms with Crippen LogP contribution in [-0.2, 0) is 15.2 Å². The summed E-state index contributed by atoms with van der Waals surface area (Å²) in [4.78, 5) is 25.0. The first kappa shape index (κ1) is 20.6. The molecule has 1 atom stereocenters. The van der Waals surface area contributed by atoms with Crippen molar-refractivity contribution in [1.29, 1.82) is 0 Å². The number of nitrogens with one attached hydrogen (secondary N) is 2. The van der Waals surface area contributed by atoms with Gasteiger partial charge in [-0.1, -0.05) is 61.9 Å². The molecule has 0 saturated heterocycles. The lowest BCUT2D eigenvalue weighted by atomic mass is 9.82. The molecule has 0 aliphatic carbocycles. The van der Waals surface area contributed by atoms with Gasteiger partial charge in [-0.2, -0.15) is 0 Å². The van der Waals surface area contributed by atoms with Gasteiger partial charge in [0.25, 0.3) is 5.91 Å². The van der Waals surface area contributed by atoms with E-state index in [9.17, 15) is 14.7 Å². The van der Waals surface area contributed by atoms with Gasteiger partial charge in [0.2, 0.25) is 5.91 Å². The van der Waals surface area contributed by atoms with Gasteiger partial charge in [-0.05, 0) is 43.4 Å². The van der Waals surface area contributed by atoms with Gasteiger partial charge in [-0.25, -0.2) is 0 Å². The van der Waals surface area contributed by atoms with Crippen LogP contribution in [-0.4, -0.2) is 23.5 Å². The van der Waals surface area contributed by atoms with Gasteiger partial charge >= 0.3 is 0 Å². The number of hydrogen-bond acceptors (Lipinski definition) is 3. The van der Waals surface area contributed by atoms with Crippen LogP contribution >= 0.6 is 0 Å². The van der Waals surface area contributed by atoms with Crippen molar-refractivity contribution in [1.82, 2.24) is 5.32 Å². The Morgan fingerprint density at radius 1 is 1.04 bits per heavy atom. The summed E-state index contributed by atoms with van der Waals surface area (Å²) >= 11 is 0. The quantitative estimate of drug-likeness (QED) is 0.733. The second-order valence-corrected chi connectivity index (χ2v) is 7.29. The van der Waals surface area contributed by atoms with Gasteiger partial charge in [0.05, 0.1) is 6.54 Å². The fourth-order valence-corrected chi connectivity index (χ4v) is 3.27. The number of aryl methyl sites for hydroxylation is 3. The number of anilines is 1.